The third-order valence-electron chi connectivity index (χ3n) is 2.34. The molecule has 1 unspecified atom stereocenters. The van der Waals surface area contributed by atoms with E-state index in [9.17, 15) is 0 Å². The van der Waals surface area contributed by atoms with E-state index in [2.05, 4.69) is 17.3 Å². The molecule has 1 aromatic carbocycles. The number of hydrogen-bond donors (Lipinski definition) is 0. The molecule has 0 aliphatic rings. The van der Waals surface area contributed by atoms with Crippen LogP contribution in [0, 0.1) is 11.3 Å². The van der Waals surface area contributed by atoms with Crippen LogP contribution in [0.5, 0.6) is 0 Å². The van der Waals surface area contributed by atoms with Crippen molar-refractivity contribution >= 4 is 24.2 Å². The van der Waals surface area contributed by atoms with Crippen molar-refractivity contribution in [1.82, 2.24) is 9.55 Å². The normalized spacial score (nSPS) is 11.3. The minimum absolute atomic E-state index is 0. The van der Waals surface area contributed by atoms with Crippen molar-refractivity contribution in [3.05, 3.63) is 54.1 Å². The van der Waals surface area contributed by atoms with Gasteiger partial charge in [-0.1, -0.05) is 12.1 Å². The first kappa shape index (κ1) is 13.6. The van der Waals surface area contributed by atoms with Gasteiger partial charge in [-0.25, -0.2) is 4.98 Å². The number of thioether (sulfide) groups is 1. The Kier molecular flexibility index (Phi) is 5.08. The highest BCUT2D eigenvalue weighted by Gasteiger charge is 2.10. The fourth-order valence-electron chi connectivity index (χ4n) is 1.56. The molecule has 0 aliphatic carbocycles. The summed E-state index contributed by atoms with van der Waals surface area (Å²) < 4.78 is 2.05. The van der Waals surface area contributed by atoms with E-state index in [0.717, 1.165) is 0 Å². The molecule has 0 radical (unpaired) electrons. The van der Waals surface area contributed by atoms with Gasteiger partial charge in [-0.2, -0.15) is 5.26 Å². The molecule has 1 aromatic heterocycles. The molecular weight excluding hydrogens is 254 g/mol. The first-order chi connectivity index (χ1) is 7.85. The van der Waals surface area contributed by atoms with Gasteiger partial charge in [0.25, 0.3) is 0 Å². The van der Waals surface area contributed by atoms with Crippen LogP contribution in [0.1, 0.15) is 16.5 Å². The molecule has 5 heteroatoms. The Hall–Kier alpha value is -1.44. The summed E-state index contributed by atoms with van der Waals surface area (Å²) in [5, 5.41) is 8.96. The Morgan fingerprint density at radius 1 is 1.35 bits per heavy atom. The number of benzene rings is 1. The van der Waals surface area contributed by atoms with Crippen molar-refractivity contribution < 1.29 is 0 Å². The highest BCUT2D eigenvalue weighted by molar-refractivity contribution is 7.98. The Bertz CT molecular complexity index is 487. The lowest BCUT2D eigenvalue weighted by Crippen LogP contribution is -2.04. The maximum absolute atomic E-state index is 8.74. The van der Waals surface area contributed by atoms with E-state index in [1.165, 1.54) is 5.56 Å². The highest BCUT2D eigenvalue weighted by atomic mass is 35.5. The Morgan fingerprint density at radius 3 is 2.53 bits per heavy atom. The lowest BCUT2D eigenvalue weighted by atomic mass is 10.1. The monoisotopic (exact) mass is 265 g/mol. The topological polar surface area (TPSA) is 41.6 Å². The molecule has 0 amide bonds. The zero-order valence-electron chi connectivity index (χ0n) is 9.28. The summed E-state index contributed by atoms with van der Waals surface area (Å²) >= 11 is 1.73. The summed E-state index contributed by atoms with van der Waals surface area (Å²) in [5.41, 5.74) is 1.86. The quantitative estimate of drug-likeness (QED) is 0.856. The predicted molar refractivity (Wildman–Crippen MR) is 72.3 cm³/mol. The van der Waals surface area contributed by atoms with Crippen molar-refractivity contribution in [1.29, 1.82) is 5.26 Å². The number of imidazole rings is 1. The molecule has 0 N–H and O–H groups in total. The molecule has 88 valence electrons. The van der Waals surface area contributed by atoms with Gasteiger partial charge in [0.1, 0.15) is 5.37 Å². The van der Waals surface area contributed by atoms with Crippen LogP contribution >= 0.6 is 24.2 Å². The number of nitrogens with zero attached hydrogens (tertiary/aromatic N) is 3. The Morgan fingerprint density at radius 2 is 2.06 bits per heavy atom. The number of halogens is 1. The smallest absolute Gasteiger partial charge is 0.105 e. The minimum Gasteiger partial charge on any atom is -0.321 e. The van der Waals surface area contributed by atoms with Gasteiger partial charge in [0.2, 0.25) is 0 Å². The van der Waals surface area contributed by atoms with E-state index in [4.69, 9.17) is 5.26 Å². The van der Waals surface area contributed by atoms with Gasteiger partial charge in [0, 0.05) is 12.4 Å². The van der Waals surface area contributed by atoms with Crippen LogP contribution in [-0.4, -0.2) is 15.8 Å². The van der Waals surface area contributed by atoms with Crippen molar-refractivity contribution in [2.45, 2.75) is 5.37 Å². The lowest BCUT2D eigenvalue weighted by Gasteiger charge is -2.16. The van der Waals surface area contributed by atoms with Gasteiger partial charge in [0.05, 0.1) is 18.0 Å². The first-order valence-electron chi connectivity index (χ1n) is 4.85. The second-order valence-electron chi connectivity index (χ2n) is 3.33. The van der Waals surface area contributed by atoms with E-state index in [0.29, 0.717) is 5.56 Å². The third kappa shape index (κ3) is 3.02. The molecule has 2 rings (SSSR count). The Labute approximate surface area is 111 Å². The SMILES string of the molecule is CSC(c1ccc(C#N)cc1)n1ccnc1.Cl. The summed E-state index contributed by atoms with van der Waals surface area (Å²) in [7, 11) is 0. The van der Waals surface area contributed by atoms with E-state index in [1.807, 2.05) is 35.0 Å². The molecule has 2 aromatic rings. The molecule has 0 spiro atoms. The molecule has 0 bridgehead atoms. The van der Waals surface area contributed by atoms with Gasteiger partial charge < -0.3 is 4.57 Å². The molecule has 0 fully saturated rings. The van der Waals surface area contributed by atoms with Crippen LogP contribution in [-0.2, 0) is 0 Å². The standard InChI is InChI=1S/C12H11N3S.ClH/c1-16-12(15-7-6-14-9-15)11-4-2-10(8-13)3-5-11;/h2-7,9,12H,1H3;1H. The molecule has 0 saturated carbocycles. The molecule has 3 nitrogen and oxygen atoms in total. The van der Waals surface area contributed by atoms with E-state index < -0.39 is 0 Å². The van der Waals surface area contributed by atoms with Gasteiger partial charge in [0.15, 0.2) is 0 Å². The van der Waals surface area contributed by atoms with E-state index in [1.54, 1.807) is 24.3 Å². The second kappa shape index (κ2) is 6.33. The van der Waals surface area contributed by atoms with Crippen LogP contribution in [0.2, 0.25) is 0 Å². The Balaban J connectivity index is 0.00000144. The number of rotatable bonds is 3. The molecule has 0 aliphatic heterocycles. The summed E-state index contributed by atoms with van der Waals surface area (Å²) in [5.74, 6) is 0. The van der Waals surface area contributed by atoms with Crippen molar-refractivity contribution in [2.24, 2.45) is 0 Å². The third-order valence-corrected chi connectivity index (χ3v) is 3.31. The van der Waals surface area contributed by atoms with Gasteiger partial charge in [-0.05, 0) is 24.0 Å². The van der Waals surface area contributed by atoms with E-state index >= 15 is 0 Å². The average molecular weight is 266 g/mol. The van der Waals surface area contributed by atoms with Crippen molar-refractivity contribution in [2.75, 3.05) is 6.26 Å². The average Bonchev–Trinajstić information content (AvgIpc) is 2.85. The molecule has 17 heavy (non-hydrogen) atoms. The molecular formula is C12H12ClN3S. The van der Waals surface area contributed by atoms with Crippen LogP contribution in [0.25, 0.3) is 0 Å². The number of aromatic nitrogens is 2. The van der Waals surface area contributed by atoms with Crippen LogP contribution < -0.4 is 0 Å². The maximum atomic E-state index is 8.74. The minimum atomic E-state index is 0. The molecule has 1 heterocycles. The van der Waals surface area contributed by atoms with E-state index in [-0.39, 0.29) is 17.8 Å². The number of nitriles is 1. The van der Waals surface area contributed by atoms with Gasteiger partial charge in [-0.3, -0.25) is 0 Å². The molecule has 0 saturated heterocycles. The summed E-state index contributed by atoms with van der Waals surface area (Å²) in [4.78, 5) is 4.05. The zero-order valence-corrected chi connectivity index (χ0v) is 10.9. The summed E-state index contributed by atoms with van der Waals surface area (Å²) in [6.45, 7) is 0. The first-order valence-corrected chi connectivity index (χ1v) is 6.14. The van der Waals surface area contributed by atoms with Crippen molar-refractivity contribution in [3.63, 3.8) is 0 Å². The van der Waals surface area contributed by atoms with Crippen LogP contribution in [0.3, 0.4) is 0 Å². The second-order valence-corrected chi connectivity index (χ2v) is 4.25. The fourth-order valence-corrected chi connectivity index (χ4v) is 2.36. The predicted octanol–water partition coefficient (Wildman–Crippen LogP) is 3.09. The van der Waals surface area contributed by atoms with Crippen LogP contribution in [0.4, 0.5) is 0 Å². The highest BCUT2D eigenvalue weighted by Crippen LogP contribution is 2.28. The summed E-state index contributed by atoms with van der Waals surface area (Å²) in [6, 6.07) is 9.78. The van der Waals surface area contributed by atoms with Gasteiger partial charge >= 0.3 is 0 Å². The lowest BCUT2D eigenvalue weighted by molar-refractivity contribution is 0.777. The van der Waals surface area contributed by atoms with Gasteiger partial charge in [-0.15, -0.1) is 24.2 Å². The van der Waals surface area contributed by atoms with Crippen LogP contribution in [0.15, 0.2) is 43.0 Å². The summed E-state index contributed by atoms with van der Waals surface area (Å²) in [6.07, 6.45) is 7.58. The number of hydrogen-bond acceptors (Lipinski definition) is 3. The van der Waals surface area contributed by atoms with Crippen molar-refractivity contribution in [3.8, 4) is 6.07 Å². The fraction of sp³-hybridized carbons (Fsp3) is 0.167. The zero-order chi connectivity index (χ0) is 11.4. The maximum Gasteiger partial charge on any atom is 0.105 e. The molecule has 1 atom stereocenters. The largest absolute Gasteiger partial charge is 0.321 e.